The van der Waals surface area contributed by atoms with Gasteiger partial charge in [-0.3, -0.25) is 4.79 Å². The molecule has 0 aliphatic carbocycles. The van der Waals surface area contributed by atoms with E-state index in [4.69, 9.17) is 4.74 Å². The number of carbonyl (C=O) groups is 1. The largest absolute Gasteiger partial charge is 0.378 e. The number of rotatable bonds is 3. The lowest BCUT2D eigenvalue weighted by Gasteiger charge is -2.32. The van der Waals surface area contributed by atoms with Crippen molar-refractivity contribution in [3.63, 3.8) is 0 Å². The number of ether oxygens (including phenoxy) is 1. The summed E-state index contributed by atoms with van der Waals surface area (Å²) in [5.41, 5.74) is 3.38. The first kappa shape index (κ1) is 16.8. The van der Waals surface area contributed by atoms with E-state index in [1.165, 1.54) is 11.1 Å². The van der Waals surface area contributed by atoms with Gasteiger partial charge in [0, 0.05) is 44.9 Å². The number of hydrogen-bond acceptors (Lipinski definition) is 6. The van der Waals surface area contributed by atoms with Gasteiger partial charge in [-0.25, -0.2) is 9.97 Å². The second-order valence-electron chi connectivity index (χ2n) is 6.63. The molecule has 26 heavy (non-hydrogen) atoms. The fourth-order valence-corrected chi connectivity index (χ4v) is 3.59. The van der Waals surface area contributed by atoms with Crippen LogP contribution in [0, 0.1) is 0 Å². The predicted octanol–water partition coefficient (Wildman–Crippen LogP) is 1.83. The molecule has 1 saturated heterocycles. The van der Waals surface area contributed by atoms with Crippen LogP contribution < -0.4 is 15.1 Å². The molecule has 7 nitrogen and oxygen atoms in total. The van der Waals surface area contributed by atoms with E-state index in [0.29, 0.717) is 0 Å². The minimum atomic E-state index is -0.0354. The molecule has 1 N–H and O–H groups in total. The number of morpholine rings is 1. The number of aromatic nitrogens is 2. The van der Waals surface area contributed by atoms with E-state index in [1.54, 1.807) is 13.3 Å². The van der Waals surface area contributed by atoms with Crippen LogP contribution in [0.1, 0.15) is 18.1 Å². The number of amides is 1. The van der Waals surface area contributed by atoms with Gasteiger partial charge in [0.25, 0.3) is 0 Å². The first-order valence-electron chi connectivity index (χ1n) is 8.99. The zero-order valence-electron chi connectivity index (χ0n) is 14.9. The SMILES string of the molecule is CC(=O)Nc1cccc2c1CCN(c1cc(N3CCOCC3)ncn1)C2. The van der Waals surface area contributed by atoms with E-state index in [0.717, 1.165) is 63.1 Å². The van der Waals surface area contributed by atoms with Crippen LogP contribution in [-0.4, -0.2) is 48.7 Å². The lowest BCUT2D eigenvalue weighted by molar-refractivity contribution is -0.114. The molecule has 136 valence electrons. The van der Waals surface area contributed by atoms with Gasteiger partial charge in [0.2, 0.25) is 5.91 Å². The number of nitrogens with zero attached hydrogens (tertiary/aromatic N) is 4. The van der Waals surface area contributed by atoms with Crippen molar-refractivity contribution in [1.82, 2.24) is 9.97 Å². The second kappa shape index (κ2) is 7.29. The predicted molar refractivity (Wildman–Crippen MR) is 101 cm³/mol. The molecule has 0 spiro atoms. The second-order valence-corrected chi connectivity index (χ2v) is 6.63. The minimum absolute atomic E-state index is 0.0354. The van der Waals surface area contributed by atoms with Crippen LogP contribution in [0.3, 0.4) is 0 Å². The van der Waals surface area contributed by atoms with Crippen molar-refractivity contribution in [2.45, 2.75) is 19.9 Å². The Labute approximate surface area is 153 Å². The van der Waals surface area contributed by atoms with E-state index in [1.807, 2.05) is 12.1 Å². The summed E-state index contributed by atoms with van der Waals surface area (Å²) in [6.45, 7) is 6.39. The molecule has 2 aromatic rings. The third kappa shape index (κ3) is 3.48. The molecule has 0 atom stereocenters. The smallest absolute Gasteiger partial charge is 0.221 e. The van der Waals surface area contributed by atoms with Crippen molar-refractivity contribution in [2.24, 2.45) is 0 Å². The van der Waals surface area contributed by atoms with Crippen molar-refractivity contribution in [3.05, 3.63) is 41.7 Å². The summed E-state index contributed by atoms with van der Waals surface area (Å²) in [5.74, 6) is 1.86. The monoisotopic (exact) mass is 353 g/mol. The highest BCUT2D eigenvalue weighted by molar-refractivity contribution is 5.89. The molecule has 0 saturated carbocycles. The van der Waals surface area contributed by atoms with Crippen molar-refractivity contribution in [1.29, 1.82) is 0 Å². The van der Waals surface area contributed by atoms with E-state index in [2.05, 4.69) is 37.2 Å². The van der Waals surface area contributed by atoms with Crippen molar-refractivity contribution in [2.75, 3.05) is 48.0 Å². The molecule has 1 fully saturated rings. The Bertz CT molecular complexity index is 804. The van der Waals surface area contributed by atoms with Crippen molar-refractivity contribution in [3.8, 4) is 0 Å². The molecule has 2 aliphatic rings. The molecular weight excluding hydrogens is 330 g/mol. The number of anilines is 3. The van der Waals surface area contributed by atoms with E-state index in [-0.39, 0.29) is 5.91 Å². The number of fused-ring (bicyclic) bond motifs is 1. The van der Waals surface area contributed by atoms with E-state index >= 15 is 0 Å². The van der Waals surface area contributed by atoms with Crippen LogP contribution in [-0.2, 0) is 22.5 Å². The molecule has 0 unspecified atom stereocenters. The van der Waals surface area contributed by atoms with Gasteiger partial charge in [0.05, 0.1) is 13.2 Å². The molecule has 4 rings (SSSR count). The van der Waals surface area contributed by atoms with Gasteiger partial charge in [0.1, 0.15) is 18.0 Å². The van der Waals surface area contributed by atoms with Gasteiger partial charge in [-0.15, -0.1) is 0 Å². The Morgan fingerprint density at radius 2 is 1.88 bits per heavy atom. The molecule has 3 heterocycles. The van der Waals surface area contributed by atoms with Crippen molar-refractivity contribution >= 4 is 23.2 Å². The summed E-state index contributed by atoms with van der Waals surface area (Å²) in [6, 6.07) is 8.15. The van der Waals surface area contributed by atoms with Crippen LogP contribution in [0.4, 0.5) is 17.3 Å². The molecular formula is C19H23N5O2. The Morgan fingerprint density at radius 1 is 1.12 bits per heavy atom. The summed E-state index contributed by atoms with van der Waals surface area (Å²) >= 11 is 0. The normalized spacial score (nSPS) is 17.0. The Kier molecular flexibility index (Phi) is 4.71. The van der Waals surface area contributed by atoms with E-state index < -0.39 is 0 Å². The van der Waals surface area contributed by atoms with Gasteiger partial charge in [0.15, 0.2) is 0 Å². The van der Waals surface area contributed by atoms with Crippen LogP contribution in [0.5, 0.6) is 0 Å². The molecule has 1 aromatic heterocycles. The van der Waals surface area contributed by atoms with Gasteiger partial charge in [-0.2, -0.15) is 0 Å². The molecule has 7 heteroatoms. The Morgan fingerprint density at radius 3 is 2.65 bits per heavy atom. The Hall–Kier alpha value is -2.67. The summed E-state index contributed by atoms with van der Waals surface area (Å²) in [7, 11) is 0. The number of nitrogens with one attached hydrogen (secondary N) is 1. The van der Waals surface area contributed by atoms with Crippen LogP contribution in [0.25, 0.3) is 0 Å². The lowest BCUT2D eigenvalue weighted by atomic mass is 9.97. The van der Waals surface area contributed by atoms with Crippen molar-refractivity contribution < 1.29 is 9.53 Å². The topological polar surface area (TPSA) is 70.6 Å². The quantitative estimate of drug-likeness (QED) is 0.908. The third-order valence-electron chi connectivity index (χ3n) is 4.87. The van der Waals surface area contributed by atoms with Gasteiger partial charge in [-0.1, -0.05) is 12.1 Å². The first-order chi connectivity index (χ1) is 12.7. The standard InChI is InChI=1S/C19H23N5O2/c1-14(25)22-17-4-2-3-15-12-24(6-5-16(15)17)19-11-18(20-13-21-19)23-7-9-26-10-8-23/h2-4,11,13H,5-10,12H2,1H3,(H,22,25). The minimum Gasteiger partial charge on any atom is -0.378 e. The first-order valence-corrected chi connectivity index (χ1v) is 8.99. The molecule has 0 bridgehead atoms. The summed E-state index contributed by atoms with van der Waals surface area (Å²) in [5, 5.41) is 2.94. The van der Waals surface area contributed by atoms with Gasteiger partial charge in [-0.05, 0) is 23.6 Å². The highest BCUT2D eigenvalue weighted by atomic mass is 16.5. The zero-order chi connectivity index (χ0) is 17.9. The molecule has 2 aliphatic heterocycles. The van der Waals surface area contributed by atoms with Gasteiger partial charge >= 0.3 is 0 Å². The summed E-state index contributed by atoms with van der Waals surface area (Å²) < 4.78 is 5.42. The van der Waals surface area contributed by atoms with Gasteiger partial charge < -0.3 is 19.9 Å². The third-order valence-corrected chi connectivity index (χ3v) is 4.87. The maximum absolute atomic E-state index is 11.4. The van der Waals surface area contributed by atoms with E-state index in [9.17, 15) is 4.79 Å². The average Bonchev–Trinajstić information content (AvgIpc) is 2.68. The Balaban J connectivity index is 1.55. The fraction of sp³-hybridized carbons (Fsp3) is 0.421. The zero-order valence-corrected chi connectivity index (χ0v) is 14.9. The van der Waals surface area contributed by atoms with Crippen LogP contribution in [0.2, 0.25) is 0 Å². The molecule has 0 radical (unpaired) electrons. The fourth-order valence-electron chi connectivity index (χ4n) is 3.59. The number of benzene rings is 1. The summed E-state index contributed by atoms with van der Waals surface area (Å²) in [6.07, 6.45) is 2.52. The lowest BCUT2D eigenvalue weighted by Crippen LogP contribution is -2.37. The maximum atomic E-state index is 11.4. The summed E-state index contributed by atoms with van der Waals surface area (Å²) in [4.78, 5) is 24.9. The molecule has 1 amide bonds. The number of carbonyl (C=O) groups excluding carboxylic acids is 1. The van der Waals surface area contributed by atoms with Crippen LogP contribution in [0.15, 0.2) is 30.6 Å². The highest BCUT2D eigenvalue weighted by Gasteiger charge is 2.21. The highest BCUT2D eigenvalue weighted by Crippen LogP contribution is 2.29. The maximum Gasteiger partial charge on any atom is 0.221 e. The number of hydrogen-bond donors (Lipinski definition) is 1. The average molecular weight is 353 g/mol. The van der Waals surface area contributed by atoms with Crippen LogP contribution >= 0.6 is 0 Å². The molecule has 1 aromatic carbocycles.